The number of halogens is 8. The van der Waals surface area contributed by atoms with E-state index in [1.165, 1.54) is 17.3 Å². The molecule has 0 bridgehead atoms. The van der Waals surface area contributed by atoms with Crippen LogP contribution in [0.5, 0.6) is 0 Å². The standard InChI is InChI=1S/C27H28Cl2F6N8O/c1-3-18-9-19(14-42(18)22-21(28)12-36-23(29)39-22)43(24-37-10-20(11-38-24)41-5-4-40(2)25(41)44)13-15-6-16(26(30,31)32)8-17(7-15)27(33,34)35/h6-8,10-12,18-19,24,37H,3-5,9,13-14H2,1-2H3/t18?,19-,24?/m0/s1. The molecule has 3 aliphatic rings. The second-order valence-corrected chi connectivity index (χ2v) is 11.5. The van der Waals surface area contributed by atoms with Crippen LogP contribution in [0.15, 0.2) is 41.3 Å². The number of nitrogens with zero attached hydrogens (tertiary/aromatic N) is 7. The molecule has 2 amide bonds. The van der Waals surface area contributed by atoms with Gasteiger partial charge in [0.25, 0.3) is 0 Å². The number of hydrogen-bond donors (Lipinski definition) is 1. The van der Waals surface area contributed by atoms with Crippen LogP contribution in [0.1, 0.15) is 36.5 Å². The van der Waals surface area contributed by atoms with Crippen molar-refractivity contribution in [3.63, 3.8) is 0 Å². The van der Waals surface area contributed by atoms with Crippen molar-refractivity contribution in [1.82, 2.24) is 30.0 Å². The summed E-state index contributed by atoms with van der Waals surface area (Å²) in [5.41, 5.74) is -2.51. The quantitative estimate of drug-likeness (QED) is 0.296. The molecule has 0 spiro atoms. The number of likely N-dealkylation sites (N-methyl/N-ethyl adjacent to an activating group) is 1. The van der Waals surface area contributed by atoms with Gasteiger partial charge in [0, 0.05) is 51.5 Å². The average Bonchev–Trinajstić information content (AvgIpc) is 3.55. The third-order valence-corrected chi connectivity index (χ3v) is 8.33. The van der Waals surface area contributed by atoms with Crippen molar-refractivity contribution < 1.29 is 31.1 Å². The SMILES string of the molecule is CCC1C[C@H](N(Cc2cc(C(F)(F)F)cc(C(F)(F)F)c2)C2N=CC(N3CCN(C)C3=O)=CN2)CN1c1nc(Cl)ncc1Cl. The Morgan fingerprint density at radius 2 is 1.75 bits per heavy atom. The number of anilines is 1. The molecule has 238 valence electrons. The number of hydrogen-bond acceptors (Lipinski definition) is 7. The van der Waals surface area contributed by atoms with E-state index in [-0.39, 0.29) is 47.1 Å². The highest BCUT2D eigenvalue weighted by Gasteiger charge is 2.41. The van der Waals surface area contributed by atoms with E-state index in [0.29, 0.717) is 37.4 Å². The summed E-state index contributed by atoms with van der Waals surface area (Å²) in [6.45, 7) is 2.87. The summed E-state index contributed by atoms with van der Waals surface area (Å²) in [5, 5.41) is 3.31. The molecule has 44 heavy (non-hydrogen) atoms. The van der Waals surface area contributed by atoms with Crippen LogP contribution in [0, 0.1) is 0 Å². The van der Waals surface area contributed by atoms with Crippen LogP contribution in [-0.4, -0.2) is 82.0 Å². The van der Waals surface area contributed by atoms with Crippen LogP contribution in [0.3, 0.4) is 0 Å². The first kappa shape index (κ1) is 32.1. The number of aromatic nitrogens is 2. The van der Waals surface area contributed by atoms with Gasteiger partial charge in [0.1, 0.15) is 5.02 Å². The van der Waals surface area contributed by atoms with Gasteiger partial charge in [-0.2, -0.15) is 31.3 Å². The minimum absolute atomic E-state index is 0.0264. The van der Waals surface area contributed by atoms with E-state index in [9.17, 15) is 31.1 Å². The van der Waals surface area contributed by atoms with Crippen molar-refractivity contribution in [2.24, 2.45) is 4.99 Å². The lowest BCUT2D eigenvalue weighted by atomic mass is 10.0. The van der Waals surface area contributed by atoms with Crippen molar-refractivity contribution in [3.05, 3.63) is 63.3 Å². The summed E-state index contributed by atoms with van der Waals surface area (Å²) in [5.74, 6) is 0.373. The average molecular weight is 665 g/mol. The maximum Gasteiger partial charge on any atom is 0.416 e. The topological polar surface area (TPSA) is 80.2 Å². The monoisotopic (exact) mass is 664 g/mol. The summed E-state index contributed by atoms with van der Waals surface area (Å²) < 4.78 is 82.1. The van der Waals surface area contributed by atoms with Gasteiger partial charge >= 0.3 is 18.4 Å². The molecule has 0 radical (unpaired) electrons. The van der Waals surface area contributed by atoms with Crippen LogP contribution in [0.25, 0.3) is 0 Å². The number of allylic oxidation sites excluding steroid dienone is 1. The molecule has 0 saturated carbocycles. The molecule has 2 unspecified atom stereocenters. The molecule has 2 saturated heterocycles. The molecule has 2 fully saturated rings. The lowest BCUT2D eigenvalue weighted by Crippen LogP contribution is -2.50. The fourth-order valence-corrected chi connectivity index (χ4v) is 5.99. The number of urea groups is 1. The highest BCUT2D eigenvalue weighted by molar-refractivity contribution is 6.33. The van der Waals surface area contributed by atoms with Crippen molar-refractivity contribution in [2.75, 3.05) is 31.6 Å². The smallest absolute Gasteiger partial charge is 0.356 e. The van der Waals surface area contributed by atoms with Crippen LogP contribution in [0.2, 0.25) is 10.3 Å². The maximum absolute atomic E-state index is 13.7. The normalized spacial score (nSPS) is 22.7. The predicted octanol–water partition coefficient (Wildman–Crippen LogP) is 5.85. The molecular formula is C27H28Cl2F6N8O. The Morgan fingerprint density at radius 3 is 2.30 bits per heavy atom. The zero-order chi connectivity index (χ0) is 32.0. The Hall–Kier alpha value is -3.30. The Kier molecular flexibility index (Phi) is 8.93. The highest BCUT2D eigenvalue weighted by Crippen LogP contribution is 2.38. The summed E-state index contributed by atoms with van der Waals surface area (Å²) in [6.07, 6.45) is -5.33. The number of carbonyl (C=O) groups is 1. The maximum atomic E-state index is 13.7. The Labute approximate surface area is 259 Å². The highest BCUT2D eigenvalue weighted by atomic mass is 35.5. The molecule has 1 aromatic heterocycles. The van der Waals surface area contributed by atoms with E-state index < -0.39 is 35.8 Å². The van der Waals surface area contributed by atoms with Gasteiger partial charge in [-0.05, 0) is 48.2 Å². The predicted molar refractivity (Wildman–Crippen MR) is 152 cm³/mol. The molecule has 1 N–H and O–H groups in total. The molecule has 0 aliphatic carbocycles. The number of benzene rings is 1. The van der Waals surface area contributed by atoms with Crippen LogP contribution < -0.4 is 10.2 Å². The first-order valence-corrected chi connectivity index (χ1v) is 14.4. The summed E-state index contributed by atoms with van der Waals surface area (Å²) in [7, 11) is 1.66. The first-order valence-electron chi connectivity index (χ1n) is 13.7. The van der Waals surface area contributed by atoms with Crippen molar-refractivity contribution in [2.45, 2.75) is 57.0 Å². The minimum atomic E-state index is -4.99. The minimum Gasteiger partial charge on any atom is -0.356 e. The van der Waals surface area contributed by atoms with E-state index in [1.54, 1.807) is 23.0 Å². The number of rotatable bonds is 7. The fraction of sp³-hybridized carbons (Fsp3) is 0.481. The van der Waals surface area contributed by atoms with Gasteiger partial charge < -0.3 is 15.1 Å². The Morgan fingerprint density at radius 1 is 1.07 bits per heavy atom. The third kappa shape index (κ3) is 6.69. The zero-order valence-corrected chi connectivity index (χ0v) is 25.0. The zero-order valence-electron chi connectivity index (χ0n) is 23.5. The second-order valence-electron chi connectivity index (χ2n) is 10.7. The van der Waals surface area contributed by atoms with Crippen molar-refractivity contribution >= 4 is 41.3 Å². The molecule has 1 aromatic carbocycles. The summed E-state index contributed by atoms with van der Waals surface area (Å²) >= 11 is 12.4. The number of alkyl halides is 6. The fourth-order valence-electron chi connectivity index (χ4n) is 5.66. The van der Waals surface area contributed by atoms with Crippen LogP contribution >= 0.6 is 23.2 Å². The number of nitrogens with one attached hydrogen (secondary N) is 1. The van der Waals surface area contributed by atoms with E-state index in [0.717, 1.165) is 12.1 Å². The van der Waals surface area contributed by atoms with Crippen LogP contribution in [0.4, 0.5) is 37.0 Å². The molecule has 9 nitrogen and oxygen atoms in total. The van der Waals surface area contributed by atoms with E-state index in [2.05, 4.69) is 20.3 Å². The van der Waals surface area contributed by atoms with E-state index in [1.807, 2.05) is 11.8 Å². The lowest BCUT2D eigenvalue weighted by Gasteiger charge is -2.36. The van der Waals surface area contributed by atoms with Gasteiger partial charge in [-0.3, -0.25) is 14.8 Å². The van der Waals surface area contributed by atoms with Crippen molar-refractivity contribution in [3.8, 4) is 0 Å². The number of carbonyl (C=O) groups excluding carboxylic acids is 1. The van der Waals surface area contributed by atoms with Gasteiger partial charge in [0.15, 0.2) is 12.1 Å². The first-order chi connectivity index (χ1) is 20.7. The molecule has 17 heteroatoms. The molecule has 2 aromatic rings. The lowest BCUT2D eigenvalue weighted by molar-refractivity contribution is -0.143. The number of aliphatic imine (C=N–C) groups is 1. The van der Waals surface area contributed by atoms with Gasteiger partial charge in [-0.1, -0.05) is 18.5 Å². The summed E-state index contributed by atoms with van der Waals surface area (Å²) in [6, 6.07) is 0.781. The second kappa shape index (κ2) is 12.2. The van der Waals surface area contributed by atoms with Crippen molar-refractivity contribution in [1.29, 1.82) is 0 Å². The molecule has 5 rings (SSSR count). The molecule has 3 atom stereocenters. The van der Waals surface area contributed by atoms with Crippen LogP contribution in [-0.2, 0) is 18.9 Å². The van der Waals surface area contributed by atoms with E-state index >= 15 is 0 Å². The van der Waals surface area contributed by atoms with E-state index in [4.69, 9.17) is 23.2 Å². The molecule has 4 heterocycles. The number of amides is 2. The Bertz CT molecular complexity index is 1440. The largest absolute Gasteiger partial charge is 0.416 e. The third-order valence-electron chi connectivity index (χ3n) is 7.88. The molecule has 3 aliphatic heterocycles. The Balaban J connectivity index is 1.50. The molecular weight excluding hydrogens is 637 g/mol. The van der Waals surface area contributed by atoms with Gasteiger partial charge in [0.2, 0.25) is 5.28 Å². The van der Waals surface area contributed by atoms with Gasteiger partial charge in [-0.15, -0.1) is 0 Å². The van der Waals surface area contributed by atoms with Gasteiger partial charge in [-0.25, -0.2) is 9.78 Å². The van der Waals surface area contributed by atoms with Gasteiger partial charge in [0.05, 0.1) is 29.2 Å². The summed E-state index contributed by atoms with van der Waals surface area (Å²) in [4.78, 5) is 31.9.